The van der Waals surface area contributed by atoms with Gasteiger partial charge in [0.2, 0.25) is 10.0 Å². The minimum atomic E-state index is -3.62. The first-order valence-electron chi connectivity index (χ1n) is 8.64. The smallest absolute Gasteiger partial charge is 0.339 e. The van der Waals surface area contributed by atoms with Gasteiger partial charge in [-0.25, -0.2) is 17.5 Å². The molecular formula is C20H24N2O5S. The SMILES string of the molecule is Cc1cccc(C(=O)O[C@@H](C)C(=O)Nc2cccc(S(=O)(=O)N(C)C)c2)c1C. The third-order valence-corrected chi connectivity index (χ3v) is 6.17. The van der Waals surface area contributed by atoms with Gasteiger partial charge in [-0.05, 0) is 56.2 Å². The molecule has 1 N–H and O–H groups in total. The summed E-state index contributed by atoms with van der Waals surface area (Å²) in [5.74, 6) is -1.15. The Morgan fingerprint density at radius 2 is 1.71 bits per heavy atom. The highest BCUT2D eigenvalue weighted by molar-refractivity contribution is 7.89. The number of nitrogens with zero attached hydrogens (tertiary/aromatic N) is 1. The molecule has 1 amide bonds. The fourth-order valence-electron chi connectivity index (χ4n) is 2.44. The van der Waals surface area contributed by atoms with Crippen LogP contribution in [0.25, 0.3) is 0 Å². The van der Waals surface area contributed by atoms with Crippen LogP contribution >= 0.6 is 0 Å². The molecule has 0 aliphatic heterocycles. The number of ether oxygens (including phenoxy) is 1. The lowest BCUT2D eigenvalue weighted by molar-refractivity contribution is -0.123. The second-order valence-corrected chi connectivity index (χ2v) is 8.75. The van der Waals surface area contributed by atoms with E-state index in [4.69, 9.17) is 4.74 Å². The van der Waals surface area contributed by atoms with Crippen molar-refractivity contribution in [1.82, 2.24) is 4.31 Å². The highest BCUT2D eigenvalue weighted by atomic mass is 32.2. The van der Waals surface area contributed by atoms with Crippen molar-refractivity contribution in [1.29, 1.82) is 0 Å². The number of benzene rings is 2. The number of aryl methyl sites for hydroxylation is 1. The summed E-state index contributed by atoms with van der Waals surface area (Å²) < 4.78 is 30.8. The van der Waals surface area contributed by atoms with Gasteiger partial charge in [0, 0.05) is 19.8 Å². The largest absolute Gasteiger partial charge is 0.449 e. The quantitative estimate of drug-likeness (QED) is 0.748. The first-order valence-corrected chi connectivity index (χ1v) is 10.1. The van der Waals surface area contributed by atoms with Crippen molar-refractivity contribution in [3.8, 4) is 0 Å². The van der Waals surface area contributed by atoms with E-state index in [9.17, 15) is 18.0 Å². The van der Waals surface area contributed by atoms with Crippen LogP contribution in [0.3, 0.4) is 0 Å². The van der Waals surface area contributed by atoms with Crippen LogP contribution in [0.1, 0.15) is 28.4 Å². The van der Waals surface area contributed by atoms with E-state index in [-0.39, 0.29) is 4.90 Å². The molecule has 2 aromatic rings. The van der Waals surface area contributed by atoms with E-state index in [1.165, 1.54) is 39.2 Å². The van der Waals surface area contributed by atoms with Crippen molar-refractivity contribution in [2.45, 2.75) is 31.8 Å². The minimum absolute atomic E-state index is 0.0512. The number of carbonyl (C=O) groups excluding carboxylic acids is 2. The third-order valence-electron chi connectivity index (χ3n) is 4.36. The van der Waals surface area contributed by atoms with Crippen LogP contribution in [0.15, 0.2) is 47.4 Å². The van der Waals surface area contributed by atoms with Gasteiger partial charge in [0.05, 0.1) is 10.5 Å². The number of carbonyl (C=O) groups is 2. The Morgan fingerprint density at radius 3 is 2.36 bits per heavy atom. The van der Waals surface area contributed by atoms with Crippen molar-refractivity contribution >= 4 is 27.6 Å². The van der Waals surface area contributed by atoms with Crippen LogP contribution in [-0.2, 0) is 19.6 Å². The molecule has 0 bridgehead atoms. The summed E-state index contributed by atoms with van der Waals surface area (Å²) in [5, 5.41) is 2.58. The molecule has 8 heteroatoms. The molecule has 0 saturated heterocycles. The van der Waals surface area contributed by atoms with Crippen molar-refractivity contribution in [2.75, 3.05) is 19.4 Å². The summed E-state index contributed by atoms with van der Waals surface area (Å²) in [7, 11) is -0.771. The molecule has 2 rings (SSSR count). The molecule has 150 valence electrons. The summed E-state index contributed by atoms with van der Waals surface area (Å²) >= 11 is 0. The predicted molar refractivity (Wildman–Crippen MR) is 107 cm³/mol. The zero-order valence-electron chi connectivity index (χ0n) is 16.5. The monoisotopic (exact) mass is 404 g/mol. The van der Waals surface area contributed by atoms with Crippen molar-refractivity contribution < 1.29 is 22.7 Å². The standard InChI is InChI=1S/C20H24N2O5S/c1-13-8-6-11-18(14(13)2)20(24)27-15(3)19(23)21-16-9-7-10-17(12-16)28(25,26)22(4)5/h6-12,15H,1-5H3,(H,21,23)/t15-/m0/s1. The second kappa shape index (κ2) is 8.53. The van der Waals surface area contributed by atoms with Crippen LogP contribution < -0.4 is 5.32 Å². The van der Waals surface area contributed by atoms with Crippen LogP contribution in [-0.4, -0.2) is 44.8 Å². The van der Waals surface area contributed by atoms with Crippen molar-refractivity contribution in [2.24, 2.45) is 0 Å². The Balaban J connectivity index is 2.11. The minimum Gasteiger partial charge on any atom is -0.449 e. The summed E-state index contributed by atoms with van der Waals surface area (Å²) in [6.07, 6.45) is -1.05. The van der Waals surface area contributed by atoms with Gasteiger partial charge in [0.25, 0.3) is 5.91 Å². The Hall–Kier alpha value is -2.71. The van der Waals surface area contributed by atoms with E-state index >= 15 is 0 Å². The zero-order valence-corrected chi connectivity index (χ0v) is 17.3. The predicted octanol–water partition coefficient (Wildman–Crippen LogP) is 2.74. The fourth-order valence-corrected chi connectivity index (χ4v) is 3.39. The van der Waals surface area contributed by atoms with E-state index in [0.717, 1.165) is 15.4 Å². The number of esters is 1. The van der Waals surface area contributed by atoms with Gasteiger partial charge in [-0.1, -0.05) is 18.2 Å². The van der Waals surface area contributed by atoms with Gasteiger partial charge < -0.3 is 10.1 Å². The fraction of sp³-hybridized carbons (Fsp3) is 0.300. The summed E-state index contributed by atoms with van der Waals surface area (Å²) in [6, 6.07) is 11.2. The van der Waals surface area contributed by atoms with Crippen LogP contribution in [0.5, 0.6) is 0 Å². The molecule has 1 atom stereocenters. The Labute approximate surface area is 165 Å². The number of hydrogen-bond acceptors (Lipinski definition) is 5. The van der Waals surface area contributed by atoms with E-state index in [0.29, 0.717) is 11.3 Å². The molecule has 0 spiro atoms. The molecule has 7 nitrogen and oxygen atoms in total. The summed E-state index contributed by atoms with van der Waals surface area (Å²) in [4.78, 5) is 24.8. The number of nitrogens with one attached hydrogen (secondary N) is 1. The van der Waals surface area contributed by atoms with Crippen LogP contribution in [0.4, 0.5) is 5.69 Å². The van der Waals surface area contributed by atoms with Crippen LogP contribution in [0.2, 0.25) is 0 Å². The van der Waals surface area contributed by atoms with Gasteiger partial charge in [0.1, 0.15) is 0 Å². The van der Waals surface area contributed by atoms with Gasteiger partial charge in [-0.3, -0.25) is 4.79 Å². The number of rotatable bonds is 6. The van der Waals surface area contributed by atoms with E-state index in [1.54, 1.807) is 18.2 Å². The highest BCUT2D eigenvalue weighted by Gasteiger charge is 2.22. The summed E-state index contributed by atoms with van der Waals surface area (Å²) in [6.45, 7) is 5.16. The van der Waals surface area contributed by atoms with E-state index in [1.807, 2.05) is 19.9 Å². The average Bonchev–Trinajstić information content (AvgIpc) is 2.63. The number of sulfonamides is 1. The molecule has 0 unspecified atom stereocenters. The first kappa shape index (κ1) is 21.6. The molecule has 0 fully saturated rings. The molecule has 0 aromatic heterocycles. The third kappa shape index (κ3) is 4.76. The Kier molecular flexibility index (Phi) is 6.58. The topological polar surface area (TPSA) is 92.8 Å². The number of anilines is 1. The normalized spacial score (nSPS) is 12.5. The molecule has 0 saturated carbocycles. The molecule has 28 heavy (non-hydrogen) atoms. The zero-order chi connectivity index (χ0) is 21.1. The van der Waals surface area contributed by atoms with E-state index in [2.05, 4.69) is 5.32 Å². The van der Waals surface area contributed by atoms with Gasteiger partial charge in [0.15, 0.2) is 6.10 Å². The second-order valence-electron chi connectivity index (χ2n) is 6.60. The lowest BCUT2D eigenvalue weighted by Crippen LogP contribution is -2.30. The Morgan fingerprint density at radius 1 is 1.07 bits per heavy atom. The maximum absolute atomic E-state index is 12.4. The van der Waals surface area contributed by atoms with Crippen molar-refractivity contribution in [3.05, 3.63) is 59.2 Å². The molecule has 0 aliphatic rings. The molecular weight excluding hydrogens is 380 g/mol. The molecule has 0 heterocycles. The Bertz CT molecular complexity index is 999. The van der Waals surface area contributed by atoms with Gasteiger partial charge in [-0.2, -0.15) is 0 Å². The molecule has 0 aliphatic carbocycles. The first-order chi connectivity index (χ1) is 13.0. The lowest BCUT2D eigenvalue weighted by atomic mass is 10.0. The number of hydrogen-bond donors (Lipinski definition) is 1. The number of amides is 1. The van der Waals surface area contributed by atoms with Gasteiger partial charge in [-0.15, -0.1) is 0 Å². The van der Waals surface area contributed by atoms with Crippen LogP contribution in [0, 0.1) is 13.8 Å². The van der Waals surface area contributed by atoms with Gasteiger partial charge >= 0.3 is 5.97 Å². The van der Waals surface area contributed by atoms with Crippen molar-refractivity contribution in [3.63, 3.8) is 0 Å². The molecule has 2 aromatic carbocycles. The van der Waals surface area contributed by atoms with E-state index < -0.39 is 28.0 Å². The lowest BCUT2D eigenvalue weighted by Gasteiger charge is -2.16. The maximum Gasteiger partial charge on any atom is 0.339 e. The average molecular weight is 404 g/mol. The molecule has 0 radical (unpaired) electrons. The maximum atomic E-state index is 12.4. The highest BCUT2D eigenvalue weighted by Crippen LogP contribution is 2.19. The summed E-state index contributed by atoms with van der Waals surface area (Å²) in [5.41, 5.74) is 2.44.